The third kappa shape index (κ3) is 4.76. The zero-order valence-electron chi connectivity index (χ0n) is 15.8. The highest BCUT2D eigenvalue weighted by atomic mass is 32.2. The Balaban J connectivity index is 1.82. The van der Waals surface area contributed by atoms with Crippen molar-refractivity contribution in [1.29, 1.82) is 0 Å². The number of fused-ring (bicyclic) bond motifs is 1. The minimum absolute atomic E-state index is 0.210. The molecule has 2 heterocycles. The molecule has 1 aromatic carbocycles. The molecule has 12 heteroatoms. The van der Waals surface area contributed by atoms with Crippen LogP contribution in [0.5, 0.6) is 0 Å². The van der Waals surface area contributed by atoms with Crippen molar-refractivity contribution in [3.8, 4) is 0 Å². The maximum atomic E-state index is 13.4. The minimum Gasteiger partial charge on any atom is -0.339 e. The predicted molar refractivity (Wildman–Crippen MR) is 97.4 cm³/mol. The monoisotopic (exact) mass is 453 g/mol. The van der Waals surface area contributed by atoms with E-state index in [9.17, 15) is 31.1 Å². The van der Waals surface area contributed by atoms with E-state index in [2.05, 4.69) is 14.8 Å². The van der Waals surface area contributed by atoms with Crippen molar-refractivity contribution in [2.45, 2.75) is 50.7 Å². The van der Waals surface area contributed by atoms with Crippen LogP contribution in [0.15, 0.2) is 17.0 Å². The summed E-state index contributed by atoms with van der Waals surface area (Å²) in [5, 5.41) is 2.34. The number of halogens is 6. The van der Waals surface area contributed by atoms with Crippen molar-refractivity contribution in [2.24, 2.45) is 0 Å². The van der Waals surface area contributed by atoms with E-state index in [1.807, 2.05) is 0 Å². The number of carbonyl (C=O) groups is 1. The number of anilines is 1. The molecule has 164 valence electrons. The van der Waals surface area contributed by atoms with Gasteiger partial charge in [0.2, 0.25) is 0 Å². The van der Waals surface area contributed by atoms with E-state index in [0.29, 0.717) is 35.6 Å². The molecule has 0 fully saturated rings. The molecule has 1 unspecified atom stereocenters. The SMILES string of the molecule is Cc1c(SNC(C)OC(F)(F)F)c2n(c1C(=O)Nc1cc(F)c(F)c(F)c1)CCC2. The van der Waals surface area contributed by atoms with E-state index < -0.39 is 35.9 Å². The summed E-state index contributed by atoms with van der Waals surface area (Å²) < 4.78 is 85.0. The van der Waals surface area contributed by atoms with Gasteiger partial charge in [-0.15, -0.1) is 13.2 Å². The molecule has 2 N–H and O–H groups in total. The van der Waals surface area contributed by atoms with Crippen molar-refractivity contribution < 1.29 is 35.9 Å². The van der Waals surface area contributed by atoms with E-state index in [-0.39, 0.29) is 11.4 Å². The van der Waals surface area contributed by atoms with Crippen molar-refractivity contribution in [1.82, 2.24) is 9.29 Å². The molecule has 30 heavy (non-hydrogen) atoms. The maximum Gasteiger partial charge on any atom is 0.524 e. The van der Waals surface area contributed by atoms with Crippen LogP contribution in [0.4, 0.5) is 32.0 Å². The lowest BCUT2D eigenvalue weighted by Crippen LogP contribution is -2.30. The van der Waals surface area contributed by atoms with Crippen molar-refractivity contribution in [3.63, 3.8) is 0 Å². The molecule has 3 rings (SSSR count). The van der Waals surface area contributed by atoms with E-state index >= 15 is 0 Å². The molecule has 1 aromatic heterocycles. The Labute approximate surface area is 171 Å². The zero-order chi connectivity index (χ0) is 22.2. The van der Waals surface area contributed by atoms with Gasteiger partial charge in [-0.2, -0.15) is 0 Å². The normalized spacial score (nSPS) is 14.7. The first-order valence-corrected chi connectivity index (χ1v) is 9.64. The van der Waals surface area contributed by atoms with Gasteiger partial charge in [0.15, 0.2) is 17.5 Å². The van der Waals surface area contributed by atoms with Crippen LogP contribution in [-0.2, 0) is 17.7 Å². The first kappa shape index (κ1) is 22.5. The zero-order valence-corrected chi connectivity index (χ0v) is 16.6. The second-order valence-corrected chi connectivity index (χ2v) is 7.49. The smallest absolute Gasteiger partial charge is 0.339 e. The lowest BCUT2D eigenvalue weighted by Gasteiger charge is -2.16. The van der Waals surface area contributed by atoms with Gasteiger partial charge in [0, 0.05) is 35.0 Å². The molecule has 1 amide bonds. The summed E-state index contributed by atoms with van der Waals surface area (Å²) in [7, 11) is 0. The van der Waals surface area contributed by atoms with Gasteiger partial charge in [0.25, 0.3) is 5.91 Å². The average molecular weight is 453 g/mol. The van der Waals surface area contributed by atoms with Gasteiger partial charge < -0.3 is 9.88 Å². The van der Waals surface area contributed by atoms with E-state index in [1.165, 1.54) is 6.92 Å². The van der Waals surface area contributed by atoms with Gasteiger partial charge in [-0.05, 0) is 44.2 Å². The fraction of sp³-hybridized carbons (Fsp3) is 0.389. The Morgan fingerprint density at radius 2 is 1.87 bits per heavy atom. The van der Waals surface area contributed by atoms with E-state index in [1.54, 1.807) is 11.5 Å². The molecule has 0 spiro atoms. The van der Waals surface area contributed by atoms with Gasteiger partial charge >= 0.3 is 6.36 Å². The largest absolute Gasteiger partial charge is 0.524 e. The molecule has 0 saturated carbocycles. The predicted octanol–water partition coefficient (Wildman–Crippen LogP) is 4.89. The maximum absolute atomic E-state index is 13.4. The number of hydrogen-bond donors (Lipinski definition) is 2. The van der Waals surface area contributed by atoms with Crippen molar-refractivity contribution >= 4 is 23.5 Å². The Bertz CT molecular complexity index is 953. The number of rotatable bonds is 6. The highest BCUT2D eigenvalue weighted by Gasteiger charge is 2.33. The number of ether oxygens (including phenoxy) is 1. The first-order chi connectivity index (χ1) is 14.0. The standard InChI is InChI=1S/C18H17F6N3O2S/c1-8-15(17(28)25-10-6-11(19)14(21)12(20)7-10)27-5-3-4-13(27)16(8)30-26-9(2)29-18(22,23)24/h6-7,9,26H,3-5H2,1-2H3,(H,25,28). The third-order valence-corrected chi connectivity index (χ3v) is 5.64. The quantitative estimate of drug-likeness (QED) is 0.283. The molecule has 1 atom stereocenters. The number of nitrogens with one attached hydrogen (secondary N) is 2. The van der Waals surface area contributed by atoms with Gasteiger partial charge in [-0.25, -0.2) is 17.9 Å². The average Bonchev–Trinajstić information content (AvgIpc) is 3.16. The van der Waals surface area contributed by atoms with Crippen LogP contribution in [0.1, 0.15) is 35.1 Å². The summed E-state index contributed by atoms with van der Waals surface area (Å²) in [5.74, 6) is -5.21. The van der Waals surface area contributed by atoms with Crippen LogP contribution in [0.25, 0.3) is 0 Å². The van der Waals surface area contributed by atoms with Gasteiger partial charge in [0.1, 0.15) is 11.9 Å². The molecule has 0 aliphatic carbocycles. The molecule has 0 saturated heterocycles. The molecule has 0 radical (unpaired) electrons. The highest BCUT2D eigenvalue weighted by Crippen LogP contribution is 2.35. The summed E-state index contributed by atoms with van der Waals surface area (Å²) in [6.45, 7) is 3.31. The van der Waals surface area contributed by atoms with Crippen LogP contribution >= 0.6 is 11.9 Å². The number of nitrogens with zero attached hydrogens (tertiary/aromatic N) is 1. The van der Waals surface area contributed by atoms with Gasteiger partial charge in [-0.3, -0.25) is 9.53 Å². The number of hydrogen-bond acceptors (Lipinski definition) is 4. The van der Waals surface area contributed by atoms with Gasteiger partial charge in [-0.1, -0.05) is 0 Å². The van der Waals surface area contributed by atoms with E-state index in [0.717, 1.165) is 24.1 Å². The molecule has 0 bridgehead atoms. The Morgan fingerprint density at radius 1 is 1.23 bits per heavy atom. The highest BCUT2D eigenvalue weighted by molar-refractivity contribution is 7.97. The van der Waals surface area contributed by atoms with Crippen molar-refractivity contribution in [3.05, 3.63) is 46.5 Å². The Morgan fingerprint density at radius 3 is 2.47 bits per heavy atom. The summed E-state index contributed by atoms with van der Waals surface area (Å²) in [6, 6.07) is 1.32. The summed E-state index contributed by atoms with van der Waals surface area (Å²) >= 11 is 0.907. The Kier molecular flexibility index (Phi) is 6.39. The lowest BCUT2D eigenvalue weighted by molar-refractivity contribution is -0.341. The molecule has 2 aromatic rings. The second-order valence-electron chi connectivity index (χ2n) is 6.64. The van der Waals surface area contributed by atoms with E-state index in [4.69, 9.17) is 0 Å². The molecule has 1 aliphatic heterocycles. The van der Waals surface area contributed by atoms with Crippen molar-refractivity contribution in [2.75, 3.05) is 5.32 Å². The second kappa shape index (κ2) is 8.52. The molecule has 1 aliphatic rings. The van der Waals surface area contributed by atoms with Crippen LogP contribution in [0.3, 0.4) is 0 Å². The molecule has 5 nitrogen and oxygen atoms in total. The van der Waals surface area contributed by atoms with Crippen LogP contribution in [0, 0.1) is 24.4 Å². The summed E-state index contributed by atoms with van der Waals surface area (Å²) in [6.07, 6.45) is -4.81. The van der Waals surface area contributed by atoms with Crippen LogP contribution in [-0.4, -0.2) is 23.1 Å². The topological polar surface area (TPSA) is 55.3 Å². The number of aromatic nitrogens is 1. The third-order valence-electron chi connectivity index (χ3n) is 4.44. The lowest BCUT2D eigenvalue weighted by atomic mass is 10.2. The molecular weight excluding hydrogens is 436 g/mol. The fourth-order valence-electron chi connectivity index (χ4n) is 3.30. The van der Waals surface area contributed by atoms with Crippen LogP contribution < -0.4 is 10.0 Å². The number of amides is 1. The molecular formula is C18H17F6N3O2S. The number of benzene rings is 1. The minimum atomic E-state index is -4.80. The Hall–Kier alpha value is -2.18. The summed E-state index contributed by atoms with van der Waals surface area (Å²) in [5.41, 5.74) is 1.19. The number of carbonyl (C=O) groups excluding carboxylic acids is 1. The number of alkyl halides is 3. The van der Waals surface area contributed by atoms with Crippen LogP contribution in [0.2, 0.25) is 0 Å². The fourth-order valence-corrected chi connectivity index (χ4v) is 4.21. The summed E-state index contributed by atoms with van der Waals surface area (Å²) in [4.78, 5) is 13.3. The van der Waals surface area contributed by atoms with Gasteiger partial charge in [0.05, 0.1) is 0 Å². The first-order valence-electron chi connectivity index (χ1n) is 8.82.